The number of benzene rings is 1. The van der Waals surface area contributed by atoms with Crippen LogP contribution < -0.4 is 10.6 Å². The summed E-state index contributed by atoms with van der Waals surface area (Å²) in [6, 6.07) is 5.27. The van der Waals surface area contributed by atoms with Gasteiger partial charge >= 0.3 is 5.97 Å². The fourth-order valence-electron chi connectivity index (χ4n) is 2.18. The molecule has 1 saturated heterocycles. The second-order valence-electron chi connectivity index (χ2n) is 5.66. The van der Waals surface area contributed by atoms with Crippen molar-refractivity contribution in [3.05, 3.63) is 29.8 Å². The van der Waals surface area contributed by atoms with Crippen molar-refractivity contribution >= 4 is 27.8 Å². The topological polar surface area (TPSA) is 133 Å². The smallest absolute Gasteiger partial charge is 0.308 e. The van der Waals surface area contributed by atoms with Crippen LogP contribution in [0.4, 0.5) is 0 Å². The summed E-state index contributed by atoms with van der Waals surface area (Å²) >= 11 is 0. The van der Waals surface area contributed by atoms with E-state index in [1.165, 1.54) is 31.2 Å². The fourth-order valence-corrected chi connectivity index (χ4v) is 3.58. The fraction of sp³-hybridized carbons (Fsp3) is 0.400. The number of piperazine rings is 1. The first-order valence-electron chi connectivity index (χ1n) is 7.59. The summed E-state index contributed by atoms with van der Waals surface area (Å²) < 4.78 is 26.0. The van der Waals surface area contributed by atoms with Crippen LogP contribution >= 0.6 is 0 Å². The lowest BCUT2D eigenvalue weighted by Crippen LogP contribution is -2.49. The number of carboxylic acids is 1. The highest BCUT2D eigenvalue weighted by Crippen LogP contribution is 2.17. The van der Waals surface area contributed by atoms with Crippen LogP contribution in [0.3, 0.4) is 0 Å². The third kappa shape index (κ3) is 4.54. The molecule has 1 fully saturated rings. The summed E-state index contributed by atoms with van der Waals surface area (Å²) in [7, 11) is -3.81. The van der Waals surface area contributed by atoms with E-state index in [1.54, 1.807) is 0 Å². The Morgan fingerprint density at radius 3 is 2.52 bits per heavy atom. The zero-order chi connectivity index (χ0) is 18.6. The summed E-state index contributed by atoms with van der Waals surface area (Å²) in [6.07, 6.45) is 0. The Hall–Kier alpha value is -2.46. The molecule has 25 heavy (non-hydrogen) atoms. The van der Waals surface area contributed by atoms with Crippen LogP contribution in [0.1, 0.15) is 17.3 Å². The van der Waals surface area contributed by atoms with Gasteiger partial charge in [0.2, 0.25) is 15.9 Å². The van der Waals surface area contributed by atoms with Crippen molar-refractivity contribution < 1.29 is 27.9 Å². The molecule has 1 unspecified atom stereocenters. The molecule has 0 radical (unpaired) electrons. The lowest BCUT2D eigenvalue weighted by Gasteiger charge is -2.25. The van der Waals surface area contributed by atoms with Gasteiger partial charge in [0.25, 0.3) is 5.91 Å². The molecule has 10 heteroatoms. The van der Waals surface area contributed by atoms with Gasteiger partial charge < -0.3 is 15.7 Å². The molecule has 0 bridgehead atoms. The van der Waals surface area contributed by atoms with Gasteiger partial charge in [-0.15, -0.1) is 0 Å². The summed E-state index contributed by atoms with van der Waals surface area (Å²) in [5.74, 6) is -2.60. The normalized spacial score (nSPS) is 16.8. The number of rotatable bonds is 6. The number of amides is 2. The maximum atomic E-state index is 12.5. The molecule has 0 saturated carbocycles. The number of nitrogens with one attached hydrogen (secondary N) is 2. The molecule has 1 aromatic carbocycles. The molecule has 1 heterocycles. The predicted octanol–water partition coefficient (Wildman–Crippen LogP) is -0.742. The van der Waals surface area contributed by atoms with Crippen LogP contribution in [0.5, 0.6) is 0 Å². The Kier molecular flexibility index (Phi) is 5.75. The molecule has 1 aromatic rings. The van der Waals surface area contributed by atoms with Gasteiger partial charge in [-0.2, -0.15) is 4.31 Å². The number of carbonyl (C=O) groups excluding carboxylic acids is 2. The second-order valence-corrected chi connectivity index (χ2v) is 7.60. The van der Waals surface area contributed by atoms with Crippen LogP contribution in [0.25, 0.3) is 0 Å². The highest BCUT2D eigenvalue weighted by Gasteiger charge is 2.29. The Morgan fingerprint density at radius 2 is 1.96 bits per heavy atom. The maximum absolute atomic E-state index is 12.5. The van der Waals surface area contributed by atoms with E-state index < -0.39 is 27.8 Å². The minimum Gasteiger partial charge on any atom is -0.481 e. The first-order valence-corrected chi connectivity index (χ1v) is 9.03. The van der Waals surface area contributed by atoms with Crippen molar-refractivity contribution in [3.63, 3.8) is 0 Å². The van der Waals surface area contributed by atoms with E-state index in [2.05, 4.69) is 10.6 Å². The molecule has 0 spiro atoms. The van der Waals surface area contributed by atoms with Crippen LogP contribution in [-0.4, -0.2) is 61.8 Å². The number of hydrogen-bond donors (Lipinski definition) is 3. The van der Waals surface area contributed by atoms with Gasteiger partial charge in [0.05, 0.1) is 17.4 Å². The Morgan fingerprint density at radius 1 is 1.32 bits per heavy atom. The quantitative estimate of drug-likeness (QED) is 0.605. The molecule has 2 rings (SSSR count). The summed E-state index contributed by atoms with van der Waals surface area (Å²) in [4.78, 5) is 34.0. The van der Waals surface area contributed by atoms with Crippen molar-refractivity contribution in [3.8, 4) is 0 Å². The van der Waals surface area contributed by atoms with Crippen molar-refractivity contribution in [1.29, 1.82) is 0 Å². The highest BCUT2D eigenvalue weighted by molar-refractivity contribution is 7.89. The Balaban J connectivity index is 2.07. The third-order valence-electron chi connectivity index (χ3n) is 3.75. The van der Waals surface area contributed by atoms with Gasteiger partial charge in [-0.1, -0.05) is 6.92 Å². The van der Waals surface area contributed by atoms with Gasteiger partial charge in [0.1, 0.15) is 0 Å². The molecule has 1 aliphatic heterocycles. The average molecular weight is 369 g/mol. The Labute approximate surface area is 145 Å². The number of nitrogens with zero attached hydrogens (tertiary/aromatic N) is 1. The molecule has 136 valence electrons. The molecule has 9 nitrogen and oxygen atoms in total. The highest BCUT2D eigenvalue weighted by atomic mass is 32.2. The molecular weight excluding hydrogens is 350 g/mol. The minimum absolute atomic E-state index is 0.0161. The zero-order valence-corrected chi connectivity index (χ0v) is 14.4. The lowest BCUT2D eigenvalue weighted by molar-refractivity contribution is -0.140. The first kappa shape index (κ1) is 18.9. The lowest BCUT2D eigenvalue weighted by atomic mass is 10.1. The van der Waals surface area contributed by atoms with Crippen molar-refractivity contribution in [1.82, 2.24) is 14.9 Å². The minimum atomic E-state index is -3.81. The molecule has 0 aromatic heterocycles. The van der Waals surface area contributed by atoms with E-state index >= 15 is 0 Å². The summed E-state index contributed by atoms with van der Waals surface area (Å²) in [5.41, 5.74) is 0.216. The number of sulfonamides is 1. The van der Waals surface area contributed by atoms with E-state index in [1.807, 2.05) is 0 Å². The maximum Gasteiger partial charge on any atom is 0.308 e. The molecule has 2 amide bonds. The summed E-state index contributed by atoms with van der Waals surface area (Å²) in [6.45, 7) is 1.63. The van der Waals surface area contributed by atoms with Gasteiger partial charge in [-0.25, -0.2) is 8.42 Å². The number of hydrogen-bond acceptors (Lipinski definition) is 5. The summed E-state index contributed by atoms with van der Waals surface area (Å²) in [5, 5.41) is 13.8. The molecular formula is C15H19N3O6S. The van der Waals surface area contributed by atoms with E-state index in [9.17, 15) is 22.8 Å². The van der Waals surface area contributed by atoms with E-state index in [0.717, 1.165) is 4.31 Å². The van der Waals surface area contributed by atoms with Gasteiger partial charge in [0, 0.05) is 25.2 Å². The monoisotopic (exact) mass is 369 g/mol. The Bertz CT molecular complexity index is 775. The number of aliphatic carboxylic acids is 1. The van der Waals surface area contributed by atoms with Crippen molar-refractivity contribution in [2.45, 2.75) is 11.8 Å². The largest absolute Gasteiger partial charge is 0.481 e. The van der Waals surface area contributed by atoms with Crippen LogP contribution in [-0.2, 0) is 19.6 Å². The van der Waals surface area contributed by atoms with Crippen molar-refractivity contribution in [2.24, 2.45) is 5.92 Å². The first-order chi connectivity index (χ1) is 11.7. The number of carbonyl (C=O) groups is 3. The zero-order valence-electron chi connectivity index (χ0n) is 13.6. The molecule has 1 aliphatic rings. The number of carboxylic acid groups (broad SMARTS) is 1. The van der Waals surface area contributed by atoms with Crippen LogP contribution in [0.15, 0.2) is 29.2 Å². The standard InChI is InChI=1S/C15H19N3O6S/c1-10(15(21)22)8-17-14(20)11-2-4-12(5-3-11)25(23,24)18-7-6-16-13(19)9-18/h2-5,10H,6-9H2,1H3,(H,16,19)(H,17,20)(H,21,22). The average Bonchev–Trinajstić information content (AvgIpc) is 2.59. The molecule has 1 atom stereocenters. The SMILES string of the molecule is CC(CNC(=O)c1ccc(S(=O)(=O)N2CCNC(=O)C2)cc1)C(=O)O. The van der Waals surface area contributed by atoms with Gasteiger partial charge in [-0.3, -0.25) is 14.4 Å². The van der Waals surface area contributed by atoms with Crippen LogP contribution in [0, 0.1) is 5.92 Å². The van der Waals surface area contributed by atoms with Gasteiger partial charge in [-0.05, 0) is 24.3 Å². The van der Waals surface area contributed by atoms with Crippen molar-refractivity contribution in [2.75, 3.05) is 26.2 Å². The molecule has 3 N–H and O–H groups in total. The van der Waals surface area contributed by atoms with Crippen LogP contribution in [0.2, 0.25) is 0 Å². The van der Waals surface area contributed by atoms with E-state index in [4.69, 9.17) is 5.11 Å². The van der Waals surface area contributed by atoms with E-state index in [-0.39, 0.29) is 42.5 Å². The second kappa shape index (κ2) is 7.62. The predicted molar refractivity (Wildman–Crippen MR) is 87.3 cm³/mol. The van der Waals surface area contributed by atoms with Gasteiger partial charge in [0.15, 0.2) is 0 Å². The van der Waals surface area contributed by atoms with E-state index in [0.29, 0.717) is 0 Å². The third-order valence-corrected chi connectivity index (χ3v) is 5.61. The molecule has 0 aliphatic carbocycles.